The number of hydrogen-bond acceptors (Lipinski definition) is 6. The van der Waals surface area contributed by atoms with Gasteiger partial charge in [0.15, 0.2) is 0 Å². The molecular weight excluding hydrogens is 384 g/mol. The molecule has 27 heavy (non-hydrogen) atoms. The van der Waals surface area contributed by atoms with Gasteiger partial charge in [0.1, 0.15) is 0 Å². The number of aryl methyl sites for hydroxylation is 1. The van der Waals surface area contributed by atoms with Crippen LogP contribution in [0.2, 0.25) is 0 Å². The van der Waals surface area contributed by atoms with Gasteiger partial charge in [0, 0.05) is 13.0 Å². The standard InChI is InChI=1S/C18H26N4O3S2/c1-12(2)10-16(23)19-17-20-21-18(26-17)27(24,25)22(11-13(3)4)15-8-6-14(5)7-9-15/h6-9,12-13H,10-11H2,1-5H3,(H,19,20,23). The number of nitrogens with one attached hydrogen (secondary N) is 1. The van der Waals surface area contributed by atoms with Gasteiger partial charge in [0.25, 0.3) is 14.4 Å². The van der Waals surface area contributed by atoms with E-state index in [9.17, 15) is 13.2 Å². The molecule has 0 atom stereocenters. The van der Waals surface area contributed by atoms with Crippen molar-refractivity contribution < 1.29 is 13.2 Å². The van der Waals surface area contributed by atoms with Crippen molar-refractivity contribution in [3.63, 3.8) is 0 Å². The van der Waals surface area contributed by atoms with Crippen molar-refractivity contribution >= 4 is 38.1 Å². The maximum atomic E-state index is 13.2. The molecule has 0 saturated heterocycles. The fraction of sp³-hybridized carbons (Fsp3) is 0.500. The molecule has 9 heteroatoms. The van der Waals surface area contributed by atoms with E-state index in [0.717, 1.165) is 16.9 Å². The first-order chi connectivity index (χ1) is 12.6. The first kappa shape index (κ1) is 21.3. The first-order valence-electron chi connectivity index (χ1n) is 8.82. The minimum absolute atomic E-state index is 0.124. The van der Waals surface area contributed by atoms with Gasteiger partial charge in [-0.15, -0.1) is 10.2 Å². The van der Waals surface area contributed by atoms with Crippen LogP contribution in [0.3, 0.4) is 0 Å². The van der Waals surface area contributed by atoms with Crippen molar-refractivity contribution in [3.05, 3.63) is 29.8 Å². The van der Waals surface area contributed by atoms with Crippen molar-refractivity contribution in [2.24, 2.45) is 11.8 Å². The number of aromatic nitrogens is 2. The normalized spacial score (nSPS) is 11.8. The van der Waals surface area contributed by atoms with Crippen LogP contribution in [0.4, 0.5) is 10.8 Å². The predicted octanol–water partition coefficient (Wildman–Crippen LogP) is 3.68. The average molecular weight is 411 g/mol. The highest BCUT2D eigenvalue weighted by molar-refractivity contribution is 7.94. The zero-order valence-corrected chi connectivity index (χ0v) is 17.9. The lowest BCUT2D eigenvalue weighted by Crippen LogP contribution is -2.34. The van der Waals surface area contributed by atoms with E-state index < -0.39 is 10.0 Å². The van der Waals surface area contributed by atoms with Gasteiger partial charge in [-0.1, -0.05) is 56.7 Å². The van der Waals surface area contributed by atoms with Crippen LogP contribution < -0.4 is 9.62 Å². The molecule has 1 heterocycles. The third kappa shape index (κ3) is 5.74. The van der Waals surface area contributed by atoms with Crippen molar-refractivity contribution in [2.75, 3.05) is 16.2 Å². The molecule has 0 unspecified atom stereocenters. The minimum atomic E-state index is -3.87. The molecule has 0 aliphatic heterocycles. The molecule has 1 aromatic carbocycles. The topological polar surface area (TPSA) is 92.3 Å². The summed E-state index contributed by atoms with van der Waals surface area (Å²) in [6, 6.07) is 7.30. The third-order valence-electron chi connectivity index (χ3n) is 3.61. The van der Waals surface area contributed by atoms with Gasteiger partial charge in [-0.25, -0.2) is 0 Å². The molecule has 0 fully saturated rings. The van der Waals surface area contributed by atoms with Crippen LogP contribution in [-0.4, -0.2) is 31.1 Å². The molecule has 1 N–H and O–H groups in total. The van der Waals surface area contributed by atoms with E-state index in [1.165, 1.54) is 4.31 Å². The van der Waals surface area contributed by atoms with E-state index in [0.29, 0.717) is 18.7 Å². The monoisotopic (exact) mass is 410 g/mol. The zero-order chi connectivity index (χ0) is 20.2. The van der Waals surface area contributed by atoms with E-state index in [1.807, 2.05) is 46.8 Å². The SMILES string of the molecule is Cc1ccc(N(CC(C)C)S(=O)(=O)c2nnc(NC(=O)CC(C)C)s2)cc1. The third-order valence-corrected chi connectivity index (χ3v) is 6.59. The highest BCUT2D eigenvalue weighted by Gasteiger charge is 2.30. The number of hydrogen-bond donors (Lipinski definition) is 1. The Hall–Kier alpha value is -2.00. The summed E-state index contributed by atoms with van der Waals surface area (Å²) in [5.41, 5.74) is 1.63. The summed E-state index contributed by atoms with van der Waals surface area (Å²) >= 11 is 0.865. The number of rotatable bonds is 8. The van der Waals surface area contributed by atoms with E-state index in [-0.39, 0.29) is 27.2 Å². The van der Waals surface area contributed by atoms with Crippen molar-refractivity contribution in [2.45, 2.75) is 45.4 Å². The summed E-state index contributed by atoms with van der Waals surface area (Å²) in [7, 11) is -3.87. The Kier molecular flexibility index (Phi) is 6.94. The summed E-state index contributed by atoms with van der Waals surface area (Å²) in [5.74, 6) is 0.117. The molecular formula is C18H26N4O3S2. The van der Waals surface area contributed by atoms with Gasteiger partial charge in [0.2, 0.25) is 11.0 Å². The predicted molar refractivity (Wildman–Crippen MR) is 109 cm³/mol. The van der Waals surface area contributed by atoms with Gasteiger partial charge < -0.3 is 5.32 Å². The Morgan fingerprint density at radius 2 is 1.74 bits per heavy atom. The van der Waals surface area contributed by atoms with E-state index in [2.05, 4.69) is 15.5 Å². The fourth-order valence-electron chi connectivity index (χ4n) is 2.38. The lowest BCUT2D eigenvalue weighted by atomic mass is 10.1. The Bertz CT molecular complexity index is 874. The number of anilines is 2. The van der Waals surface area contributed by atoms with Gasteiger partial charge in [0.05, 0.1) is 5.69 Å². The average Bonchev–Trinajstić information content (AvgIpc) is 3.01. The van der Waals surface area contributed by atoms with Gasteiger partial charge >= 0.3 is 0 Å². The molecule has 148 valence electrons. The van der Waals surface area contributed by atoms with Gasteiger partial charge in [-0.05, 0) is 30.9 Å². The van der Waals surface area contributed by atoms with Gasteiger partial charge in [-0.2, -0.15) is 8.42 Å². The number of carbonyl (C=O) groups excluding carboxylic acids is 1. The van der Waals surface area contributed by atoms with Crippen molar-refractivity contribution in [1.29, 1.82) is 0 Å². The number of benzene rings is 1. The van der Waals surface area contributed by atoms with Crippen molar-refractivity contribution in [3.8, 4) is 0 Å². The molecule has 1 aromatic heterocycles. The molecule has 0 aliphatic carbocycles. The number of sulfonamides is 1. The molecule has 0 spiro atoms. The first-order valence-corrected chi connectivity index (χ1v) is 11.1. The summed E-state index contributed by atoms with van der Waals surface area (Å²) in [5, 5.41) is 10.4. The van der Waals surface area contributed by atoms with Crippen LogP contribution in [0.5, 0.6) is 0 Å². The molecule has 2 rings (SSSR count). The van der Waals surface area contributed by atoms with E-state index in [4.69, 9.17) is 0 Å². The Labute approximate surface area is 164 Å². The molecule has 0 saturated carbocycles. The quantitative estimate of drug-likeness (QED) is 0.670. The summed E-state index contributed by atoms with van der Waals surface area (Å²) in [4.78, 5) is 11.9. The number of carbonyl (C=O) groups is 1. The minimum Gasteiger partial charge on any atom is -0.300 e. The molecule has 7 nitrogen and oxygen atoms in total. The maximum absolute atomic E-state index is 13.2. The number of nitrogens with zero attached hydrogens (tertiary/aromatic N) is 3. The second kappa shape index (κ2) is 8.79. The van der Waals surface area contributed by atoms with Crippen LogP contribution in [-0.2, 0) is 14.8 Å². The van der Waals surface area contributed by atoms with Crippen LogP contribution in [0, 0.1) is 18.8 Å². The molecule has 1 amide bonds. The van der Waals surface area contributed by atoms with Gasteiger partial charge in [-0.3, -0.25) is 9.10 Å². The summed E-state index contributed by atoms with van der Waals surface area (Å²) < 4.78 is 27.5. The number of amides is 1. The maximum Gasteiger partial charge on any atom is 0.293 e. The van der Waals surface area contributed by atoms with Crippen LogP contribution in [0.1, 0.15) is 39.7 Å². The highest BCUT2D eigenvalue weighted by atomic mass is 32.2. The van der Waals surface area contributed by atoms with Crippen LogP contribution >= 0.6 is 11.3 Å². The Balaban J connectivity index is 2.30. The molecule has 0 bridgehead atoms. The summed E-state index contributed by atoms with van der Waals surface area (Å²) in [6.45, 7) is 10.0. The lowest BCUT2D eigenvalue weighted by molar-refractivity contribution is -0.116. The van der Waals surface area contributed by atoms with Crippen LogP contribution in [0.15, 0.2) is 28.6 Å². The highest BCUT2D eigenvalue weighted by Crippen LogP contribution is 2.28. The smallest absolute Gasteiger partial charge is 0.293 e. The second-order valence-corrected chi connectivity index (χ2v) is 10.3. The van der Waals surface area contributed by atoms with E-state index >= 15 is 0 Å². The second-order valence-electron chi connectivity index (χ2n) is 7.28. The van der Waals surface area contributed by atoms with Crippen LogP contribution in [0.25, 0.3) is 0 Å². The Morgan fingerprint density at radius 3 is 2.30 bits per heavy atom. The molecule has 0 radical (unpaired) electrons. The van der Waals surface area contributed by atoms with Crippen molar-refractivity contribution in [1.82, 2.24) is 10.2 Å². The lowest BCUT2D eigenvalue weighted by Gasteiger charge is -2.24. The summed E-state index contributed by atoms with van der Waals surface area (Å²) in [6.07, 6.45) is 0.338. The fourth-order valence-corrected chi connectivity index (χ4v) is 5.03. The molecule has 2 aromatic rings. The van der Waals surface area contributed by atoms with E-state index in [1.54, 1.807) is 12.1 Å². The molecule has 0 aliphatic rings. The largest absolute Gasteiger partial charge is 0.300 e. The Morgan fingerprint density at radius 1 is 1.11 bits per heavy atom. The zero-order valence-electron chi connectivity index (χ0n) is 16.3.